The molecule has 4 unspecified atom stereocenters. The molecule has 0 aromatic carbocycles. The SMILES string of the molecule is C1C[C@H]2[C@@H]1[C@H]1[C@@H]3C4C5C(C4[C@@H]3[C@@H]21)[C@H]1[C@@H]5[C@@H]2[C@@H]3CC[C@@H]3[C@H]12. The number of hydrogen-bond acceptors (Lipinski definition) is 0. The second kappa shape index (κ2) is 2.28. The third-order valence-corrected chi connectivity index (χ3v) is 11.9. The van der Waals surface area contributed by atoms with Gasteiger partial charge in [0.25, 0.3) is 0 Å². The van der Waals surface area contributed by atoms with Crippen LogP contribution in [0, 0.1) is 94.7 Å². The van der Waals surface area contributed by atoms with Crippen molar-refractivity contribution in [2.45, 2.75) is 25.7 Å². The summed E-state index contributed by atoms with van der Waals surface area (Å²) in [6, 6.07) is 0. The van der Waals surface area contributed by atoms with Gasteiger partial charge in [-0.3, -0.25) is 0 Å². The molecule has 0 heterocycles. The molecule has 20 heavy (non-hydrogen) atoms. The molecule has 0 aliphatic heterocycles. The lowest BCUT2D eigenvalue weighted by molar-refractivity contribution is -0.482. The normalized spacial score (nSPS) is 91.2. The molecule has 0 aromatic heterocycles. The van der Waals surface area contributed by atoms with E-state index in [1.165, 1.54) is 94.7 Å². The van der Waals surface area contributed by atoms with Gasteiger partial charge in [0.15, 0.2) is 0 Å². The molecule has 16 atom stereocenters. The number of fused-ring (bicyclic) bond motifs is 22. The minimum absolute atomic E-state index is 1.27. The highest BCUT2D eigenvalue weighted by molar-refractivity contribution is 5.37. The molecule has 104 valence electrons. The lowest BCUT2D eigenvalue weighted by Crippen LogP contribution is -2.91. The van der Waals surface area contributed by atoms with Gasteiger partial charge < -0.3 is 0 Å². The lowest BCUT2D eigenvalue weighted by atomic mass is 9.09. The van der Waals surface area contributed by atoms with Gasteiger partial charge in [-0.15, -0.1) is 0 Å². The van der Waals surface area contributed by atoms with E-state index in [4.69, 9.17) is 0 Å². The van der Waals surface area contributed by atoms with E-state index in [9.17, 15) is 0 Å². The van der Waals surface area contributed by atoms with Gasteiger partial charge in [0, 0.05) is 0 Å². The highest BCUT2D eigenvalue weighted by atomic mass is 14.9. The van der Waals surface area contributed by atoms with Crippen LogP contribution in [-0.4, -0.2) is 0 Å². The fourth-order valence-corrected chi connectivity index (χ4v) is 11.5. The Kier molecular flexibility index (Phi) is 1.05. The standard InChI is InChI=1S/C20H24/c1-2-6-5(1)9-10(6)14-13(9)17-18(14)20-16-12-8-4-3-7(8)11(12)15(16)19(17)20/h5-20H,1-4H2/t5-,6+,7-,8+,9-,10+,11-,12+,13+,14-,15+,16-,17?,18?,19?,20?. The average Bonchev–Trinajstić information content (AvgIpc) is 2.36. The Bertz CT molecular complexity index is 481. The molecule has 0 amide bonds. The highest BCUT2D eigenvalue weighted by Gasteiger charge is 2.90. The van der Waals surface area contributed by atoms with Crippen molar-refractivity contribution in [3.8, 4) is 0 Å². The molecule has 0 heteroatoms. The van der Waals surface area contributed by atoms with E-state index in [0.29, 0.717) is 0 Å². The Morgan fingerprint density at radius 3 is 0.650 bits per heavy atom. The fraction of sp³-hybridized carbons (Fsp3) is 1.00. The Balaban J connectivity index is 1.09. The van der Waals surface area contributed by atoms with Crippen LogP contribution in [0.2, 0.25) is 0 Å². The van der Waals surface area contributed by atoms with E-state index in [2.05, 4.69) is 0 Å². The minimum atomic E-state index is 1.27. The maximum Gasteiger partial charge on any atom is -0.0312 e. The second-order valence-corrected chi connectivity index (χ2v) is 10.7. The molecule has 0 spiro atoms. The number of hydrogen-bond donors (Lipinski definition) is 0. The summed E-state index contributed by atoms with van der Waals surface area (Å²) < 4.78 is 0. The summed E-state index contributed by atoms with van der Waals surface area (Å²) in [4.78, 5) is 0. The Labute approximate surface area is 121 Å². The van der Waals surface area contributed by atoms with E-state index in [-0.39, 0.29) is 0 Å². The van der Waals surface area contributed by atoms with Crippen LogP contribution in [0.25, 0.3) is 0 Å². The molecule has 0 saturated heterocycles. The zero-order valence-electron chi connectivity index (χ0n) is 12.1. The van der Waals surface area contributed by atoms with E-state index in [0.717, 1.165) is 0 Å². The molecule has 0 nitrogen and oxygen atoms in total. The van der Waals surface area contributed by atoms with Gasteiger partial charge in [0.2, 0.25) is 0 Å². The maximum atomic E-state index is 1.64. The van der Waals surface area contributed by atoms with E-state index >= 15 is 0 Å². The van der Waals surface area contributed by atoms with Gasteiger partial charge in [-0.2, -0.15) is 0 Å². The van der Waals surface area contributed by atoms with E-state index in [1.54, 1.807) is 25.7 Å². The minimum Gasteiger partial charge on any atom is -0.0496 e. The second-order valence-electron chi connectivity index (χ2n) is 10.7. The van der Waals surface area contributed by atoms with Crippen LogP contribution in [-0.2, 0) is 0 Å². The van der Waals surface area contributed by atoms with Crippen LogP contribution in [0.1, 0.15) is 25.7 Å². The van der Waals surface area contributed by atoms with Crippen molar-refractivity contribution in [3.05, 3.63) is 0 Å². The maximum absolute atomic E-state index is 1.64. The van der Waals surface area contributed by atoms with Crippen molar-refractivity contribution in [2.24, 2.45) is 94.7 Å². The number of rotatable bonds is 0. The molecule has 9 aliphatic carbocycles. The summed E-state index contributed by atoms with van der Waals surface area (Å²) in [6.45, 7) is 0. The summed E-state index contributed by atoms with van der Waals surface area (Å²) in [6.07, 6.45) is 6.56. The first-order valence-electron chi connectivity index (χ1n) is 9.97. The van der Waals surface area contributed by atoms with Gasteiger partial charge in [0.05, 0.1) is 0 Å². The summed E-state index contributed by atoms with van der Waals surface area (Å²) in [5.74, 6) is 20.8. The quantitative estimate of drug-likeness (QED) is 0.587. The van der Waals surface area contributed by atoms with E-state index in [1.807, 2.05) is 0 Å². The third-order valence-electron chi connectivity index (χ3n) is 11.9. The molecular formula is C20H24. The molecular weight excluding hydrogens is 240 g/mol. The van der Waals surface area contributed by atoms with Gasteiger partial charge in [-0.1, -0.05) is 0 Å². The van der Waals surface area contributed by atoms with Gasteiger partial charge in [0.1, 0.15) is 0 Å². The summed E-state index contributed by atoms with van der Waals surface area (Å²) in [7, 11) is 0. The summed E-state index contributed by atoms with van der Waals surface area (Å²) >= 11 is 0. The first-order valence-corrected chi connectivity index (χ1v) is 9.97. The van der Waals surface area contributed by atoms with E-state index < -0.39 is 0 Å². The van der Waals surface area contributed by atoms with Crippen molar-refractivity contribution in [1.82, 2.24) is 0 Å². The molecule has 0 aromatic rings. The summed E-state index contributed by atoms with van der Waals surface area (Å²) in [5.41, 5.74) is 0. The van der Waals surface area contributed by atoms with Crippen LogP contribution in [0.3, 0.4) is 0 Å². The monoisotopic (exact) mass is 264 g/mol. The Morgan fingerprint density at radius 2 is 0.450 bits per heavy atom. The van der Waals surface area contributed by atoms with Crippen LogP contribution >= 0.6 is 0 Å². The largest absolute Gasteiger partial charge is 0.0496 e. The van der Waals surface area contributed by atoms with Gasteiger partial charge in [-0.25, -0.2) is 0 Å². The molecule has 9 fully saturated rings. The first kappa shape index (κ1) is 9.21. The first-order chi connectivity index (χ1) is 9.97. The van der Waals surface area contributed by atoms with Crippen molar-refractivity contribution in [2.75, 3.05) is 0 Å². The predicted molar refractivity (Wildman–Crippen MR) is 74.3 cm³/mol. The molecule has 0 radical (unpaired) electrons. The Morgan fingerprint density at radius 1 is 0.250 bits per heavy atom. The van der Waals surface area contributed by atoms with Crippen LogP contribution < -0.4 is 0 Å². The zero-order valence-corrected chi connectivity index (χ0v) is 12.1. The lowest BCUT2D eigenvalue weighted by Gasteiger charge is -2.95. The van der Waals surface area contributed by atoms with Crippen molar-refractivity contribution in [3.63, 3.8) is 0 Å². The van der Waals surface area contributed by atoms with Crippen molar-refractivity contribution in [1.29, 1.82) is 0 Å². The van der Waals surface area contributed by atoms with Crippen LogP contribution in [0.5, 0.6) is 0 Å². The summed E-state index contributed by atoms with van der Waals surface area (Å²) in [5, 5.41) is 0. The third kappa shape index (κ3) is 0.542. The molecule has 9 aliphatic rings. The van der Waals surface area contributed by atoms with Crippen molar-refractivity contribution >= 4 is 0 Å². The molecule has 0 bridgehead atoms. The average molecular weight is 264 g/mol. The predicted octanol–water partition coefficient (Wildman–Crippen LogP) is 3.53. The molecule has 0 N–H and O–H groups in total. The van der Waals surface area contributed by atoms with Gasteiger partial charge in [-0.05, 0) is 120 Å². The van der Waals surface area contributed by atoms with Crippen LogP contribution in [0.4, 0.5) is 0 Å². The smallest absolute Gasteiger partial charge is 0.0312 e. The molecule has 9 rings (SSSR count). The van der Waals surface area contributed by atoms with Crippen molar-refractivity contribution < 1.29 is 0 Å². The topological polar surface area (TPSA) is 0 Å². The van der Waals surface area contributed by atoms with Crippen LogP contribution in [0.15, 0.2) is 0 Å². The fourth-order valence-electron chi connectivity index (χ4n) is 11.5. The van der Waals surface area contributed by atoms with Gasteiger partial charge >= 0.3 is 0 Å². The zero-order chi connectivity index (χ0) is 12.1. The highest BCUT2D eigenvalue weighted by Crippen LogP contribution is 2.94. The molecule has 9 saturated carbocycles. The Hall–Kier alpha value is 0.